The lowest BCUT2D eigenvalue weighted by Gasteiger charge is -2.62. The Hall–Kier alpha value is -2.47. The average Bonchev–Trinajstić information content (AvgIpc) is 3.43. The molecular weight excluding hydrogens is 666 g/mol. The van der Waals surface area contributed by atoms with E-state index in [4.69, 9.17) is 23.7 Å². The van der Waals surface area contributed by atoms with Crippen LogP contribution < -0.4 is 0 Å². The highest BCUT2D eigenvalue weighted by Gasteiger charge is 2.70. The summed E-state index contributed by atoms with van der Waals surface area (Å²) >= 11 is 0. The van der Waals surface area contributed by atoms with Gasteiger partial charge in [0, 0.05) is 42.4 Å². The van der Waals surface area contributed by atoms with Crippen molar-refractivity contribution in [2.45, 2.75) is 133 Å². The minimum absolute atomic E-state index is 0.0766. The molecule has 7 unspecified atom stereocenters. The molecule has 1 heterocycles. The lowest BCUT2D eigenvalue weighted by molar-refractivity contribution is -0.326. The van der Waals surface area contributed by atoms with Crippen molar-refractivity contribution in [2.24, 2.45) is 64.1 Å². The van der Waals surface area contributed by atoms with E-state index in [0.717, 1.165) is 51.4 Å². The zero-order valence-electron chi connectivity index (χ0n) is 29.2. The summed E-state index contributed by atoms with van der Waals surface area (Å²) in [4.78, 5) is 65.8. The minimum atomic E-state index is -3.60. The first kappa shape index (κ1) is 33.1. The van der Waals surface area contributed by atoms with Crippen LogP contribution in [-0.4, -0.2) is 72.2 Å². The maximum atomic E-state index is 14.0. The van der Waals surface area contributed by atoms with E-state index in [2.05, 4.69) is 0 Å². The molecule has 13 rings (SSSR count). The standard InChI is InChI=1S/C39H48F2O10/c1-35(40,41)32(44)51-38-10-21-6-26(15-38)39(27(7-21)16-38)49-28(17-47-33(45)36-8-19-2-22(11-36)30(42)23(3-19)12-36)29(50-39)18-48-34(46)37-9-20-4-24(13-37)31(43)25(5-20)14-37/h19-29H,2-18H2,1H3/t19?,20?,21?,22?,23?,24?,25?,26-,27?,28-,29-,36?,37?,38?,39?/m0/s1. The number of hydrogen-bond acceptors (Lipinski definition) is 10. The molecule has 1 saturated heterocycles. The lowest BCUT2D eigenvalue weighted by atomic mass is 9.49. The molecule has 0 radical (unpaired) electrons. The van der Waals surface area contributed by atoms with Gasteiger partial charge in [-0.15, -0.1) is 0 Å². The molecule has 12 aliphatic carbocycles. The third kappa shape index (κ3) is 4.92. The number of hydrogen-bond donors (Lipinski definition) is 0. The van der Waals surface area contributed by atoms with Crippen molar-refractivity contribution in [3.8, 4) is 0 Å². The molecule has 13 aliphatic rings. The smallest absolute Gasteiger partial charge is 0.377 e. The van der Waals surface area contributed by atoms with Crippen LogP contribution in [-0.2, 0) is 47.7 Å². The number of alkyl halides is 2. The third-order valence-corrected chi connectivity index (χ3v) is 15.6. The lowest BCUT2D eigenvalue weighted by Crippen LogP contribution is -2.65. The normalized spacial score (nSPS) is 51.1. The van der Waals surface area contributed by atoms with E-state index in [9.17, 15) is 32.8 Å². The summed E-state index contributed by atoms with van der Waals surface area (Å²) in [7, 11) is 0. The molecule has 10 nitrogen and oxygen atoms in total. The van der Waals surface area contributed by atoms with Crippen molar-refractivity contribution in [3.05, 3.63) is 0 Å². The Morgan fingerprint density at radius 3 is 1.47 bits per heavy atom. The number of rotatable bonds is 8. The van der Waals surface area contributed by atoms with Gasteiger partial charge < -0.3 is 23.7 Å². The number of halogens is 2. The van der Waals surface area contributed by atoms with Crippen LogP contribution >= 0.6 is 0 Å². The molecule has 0 aromatic rings. The van der Waals surface area contributed by atoms with Crippen molar-refractivity contribution in [3.63, 3.8) is 0 Å². The van der Waals surface area contributed by atoms with E-state index in [1.165, 1.54) is 0 Å². The quantitative estimate of drug-likeness (QED) is 0.247. The van der Waals surface area contributed by atoms with Gasteiger partial charge in [-0.2, -0.15) is 8.78 Å². The van der Waals surface area contributed by atoms with Crippen LogP contribution in [0.25, 0.3) is 0 Å². The van der Waals surface area contributed by atoms with Gasteiger partial charge in [0.1, 0.15) is 42.6 Å². The summed E-state index contributed by atoms with van der Waals surface area (Å²) in [6.07, 6.45) is 8.13. The van der Waals surface area contributed by atoms with E-state index in [1.807, 2.05) is 0 Å². The van der Waals surface area contributed by atoms with Crippen LogP contribution in [0.2, 0.25) is 0 Å². The summed E-state index contributed by atoms with van der Waals surface area (Å²) in [5, 5.41) is 0. The summed E-state index contributed by atoms with van der Waals surface area (Å²) in [6, 6.07) is 0. The topological polar surface area (TPSA) is 132 Å². The van der Waals surface area contributed by atoms with Crippen LogP contribution in [0, 0.1) is 64.1 Å². The number of carbonyl (C=O) groups is 5. The fourth-order valence-corrected chi connectivity index (χ4v) is 14.2. The van der Waals surface area contributed by atoms with E-state index in [1.54, 1.807) is 0 Å². The molecule has 0 aromatic heterocycles. The molecule has 12 saturated carbocycles. The zero-order valence-corrected chi connectivity index (χ0v) is 29.2. The zero-order chi connectivity index (χ0) is 35.3. The SMILES string of the molecule is CC(F)(F)C(=O)OC12CC3CC(C1)C1(O[C@@H](COC(=O)C45CC6CC(C4)C(=O)C(C6)C5)[C@H](COC(=O)C45CC6CC(C4)C(=O)C(C6)C5)O1)[C@@H](C3)C2. The van der Waals surface area contributed by atoms with E-state index in [0.29, 0.717) is 75.3 Å². The average molecular weight is 715 g/mol. The first-order valence-corrected chi connectivity index (χ1v) is 19.6. The predicted molar refractivity (Wildman–Crippen MR) is 169 cm³/mol. The van der Waals surface area contributed by atoms with Gasteiger partial charge in [0.2, 0.25) is 0 Å². The highest BCUT2D eigenvalue weighted by atomic mass is 19.3. The van der Waals surface area contributed by atoms with Gasteiger partial charge in [0.05, 0.1) is 10.8 Å². The molecule has 12 heteroatoms. The Morgan fingerprint density at radius 1 is 0.647 bits per heavy atom. The van der Waals surface area contributed by atoms with Crippen molar-refractivity contribution >= 4 is 29.5 Å². The second-order valence-corrected chi connectivity index (χ2v) is 19.1. The molecular formula is C39H48F2O10. The Balaban J connectivity index is 0.882. The molecule has 10 atom stereocenters. The van der Waals surface area contributed by atoms with Gasteiger partial charge in [-0.05, 0) is 114 Å². The number of ether oxygens (including phenoxy) is 5. The van der Waals surface area contributed by atoms with Crippen LogP contribution in [0.15, 0.2) is 0 Å². The van der Waals surface area contributed by atoms with Gasteiger partial charge >= 0.3 is 23.8 Å². The van der Waals surface area contributed by atoms with Crippen molar-refractivity contribution < 1.29 is 56.4 Å². The molecule has 12 bridgehead atoms. The van der Waals surface area contributed by atoms with Gasteiger partial charge in [0.25, 0.3) is 0 Å². The summed E-state index contributed by atoms with van der Waals surface area (Å²) in [5.41, 5.74) is -2.34. The molecule has 13 fully saturated rings. The minimum Gasteiger partial charge on any atom is -0.462 e. The van der Waals surface area contributed by atoms with Crippen molar-refractivity contribution in [1.82, 2.24) is 0 Å². The molecule has 278 valence electrons. The molecule has 51 heavy (non-hydrogen) atoms. The van der Waals surface area contributed by atoms with Gasteiger partial charge in [-0.1, -0.05) is 0 Å². The van der Waals surface area contributed by atoms with Crippen LogP contribution in [0.5, 0.6) is 0 Å². The van der Waals surface area contributed by atoms with Gasteiger partial charge in [-0.3, -0.25) is 19.2 Å². The maximum absolute atomic E-state index is 14.0. The number of ketones is 2. The van der Waals surface area contributed by atoms with Gasteiger partial charge in [-0.25, -0.2) is 4.79 Å². The highest BCUT2D eigenvalue weighted by molar-refractivity contribution is 5.90. The summed E-state index contributed by atoms with van der Waals surface area (Å²) in [5.74, 6) is -6.16. The Labute approximate surface area is 295 Å². The van der Waals surface area contributed by atoms with Crippen LogP contribution in [0.1, 0.15) is 103 Å². The molecule has 0 aromatic carbocycles. The van der Waals surface area contributed by atoms with E-state index < -0.39 is 46.3 Å². The maximum Gasteiger partial charge on any atom is 0.377 e. The fraction of sp³-hybridized carbons (Fsp3) is 0.872. The van der Waals surface area contributed by atoms with Gasteiger partial charge in [0.15, 0.2) is 5.79 Å². The summed E-state index contributed by atoms with van der Waals surface area (Å²) < 4.78 is 59.5. The van der Waals surface area contributed by atoms with E-state index >= 15 is 0 Å². The largest absolute Gasteiger partial charge is 0.462 e. The van der Waals surface area contributed by atoms with Crippen molar-refractivity contribution in [1.29, 1.82) is 0 Å². The Kier molecular flexibility index (Phi) is 7.03. The molecule has 1 spiro atoms. The molecule has 0 N–H and O–H groups in total. The fourth-order valence-electron chi connectivity index (χ4n) is 14.2. The van der Waals surface area contributed by atoms with Crippen LogP contribution in [0.4, 0.5) is 8.78 Å². The van der Waals surface area contributed by atoms with E-state index in [-0.39, 0.29) is 66.6 Å². The molecule has 1 aliphatic heterocycles. The summed E-state index contributed by atoms with van der Waals surface area (Å²) in [6.45, 7) is 0.353. The number of carbonyl (C=O) groups excluding carboxylic acids is 5. The highest BCUT2D eigenvalue weighted by Crippen LogP contribution is 2.65. The second-order valence-electron chi connectivity index (χ2n) is 19.1. The first-order valence-electron chi connectivity index (χ1n) is 19.6. The van der Waals surface area contributed by atoms with Crippen LogP contribution in [0.3, 0.4) is 0 Å². The second kappa shape index (κ2) is 10.8. The molecule has 0 amide bonds. The van der Waals surface area contributed by atoms with Crippen molar-refractivity contribution in [2.75, 3.05) is 13.2 Å². The monoisotopic (exact) mass is 714 g/mol. The Bertz CT molecular complexity index is 1450. The first-order chi connectivity index (χ1) is 24.2. The number of Topliss-reactive ketones (excluding diaryl/α,β-unsaturated/α-hetero) is 2. The predicted octanol–water partition coefficient (Wildman–Crippen LogP) is 5.12. The third-order valence-electron chi connectivity index (χ3n) is 15.6. The Morgan fingerprint density at radius 2 is 1.06 bits per heavy atom. The number of esters is 3.